The van der Waals surface area contributed by atoms with E-state index in [-0.39, 0.29) is 46.5 Å². The summed E-state index contributed by atoms with van der Waals surface area (Å²) in [4.78, 5) is 35.7. The Morgan fingerprint density at radius 3 is 2.82 bits per heavy atom. The zero-order valence-electron chi connectivity index (χ0n) is 16.5. The van der Waals surface area contributed by atoms with Gasteiger partial charge >= 0.3 is 0 Å². The first-order valence-electron chi connectivity index (χ1n) is 9.95. The fourth-order valence-corrected chi connectivity index (χ4v) is 4.97. The van der Waals surface area contributed by atoms with Gasteiger partial charge in [0.15, 0.2) is 17.4 Å². The Labute approximate surface area is 161 Å². The molecule has 1 spiro atoms. The summed E-state index contributed by atoms with van der Waals surface area (Å²) in [6, 6.07) is 0. The minimum atomic E-state index is -0.399. The maximum atomic E-state index is 12.4. The first kappa shape index (κ1) is 17.8. The number of hydrogen-bond donors (Lipinski definition) is 2. The van der Waals surface area contributed by atoms with Crippen molar-refractivity contribution in [3.8, 4) is 0 Å². The summed E-state index contributed by atoms with van der Waals surface area (Å²) in [6.45, 7) is 7.86. The number of imidazole rings is 1. The van der Waals surface area contributed by atoms with Crippen LogP contribution in [0.15, 0.2) is 11.1 Å². The average Bonchev–Trinajstić information content (AvgIpc) is 3.12. The van der Waals surface area contributed by atoms with Crippen LogP contribution in [-0.2, 0) is 14.3 Å². The molecule has 150 valence electrons. The topological polar surface area (TPSA) is 111 Å². The normalized spacial score (nSPS) is 32.5. The van der Waals surface area contributed by atoms with E-state index < -0.39 is 11.8 Å². The lowest BCUT2D eigenvalue weighted by molar-refractivity contribution is -0.223. The minimum Gasteiger partial charge on any atom is -0.364 e. The first-order chi connectivity index (χ1) is 13.3. The van der Waals surface area contributed by atoms with E-state index in [1.165, 1.54) is 0 Å². The predicted octanol–water partition coefficient (Wildman–Crippen LogP) is 1.96. The molecule has 9 nitrogen and oxygen atoms in total. The predicted molar refractivity (Wildman–Crippen MR) is 101 cm³/mol. The number of carbonyl (C=O) groups is 1. The molecule has 2 N–H and O–H groups in total. The number of H-pyrrole nitrogens is 1. The maximum Gasteiger partial charge on any atom is 0.280 e. The van der Waals surface area contributed by atoms with Crippen LogP contribution in [0.3, 0.4) is 0 Å². The highest BCUT2D eigenvalue weighted by Crippen LogP contribution is 2.67. The van der Waals surface area contributed by atoms with E-state index in [9.17, 15) is 9.59 Å². The van der Waals surface area contributed by atoms with Crippen LogP contribution >= 0.6 is 0 Å². The number of aromatic amines is 1. The summed E-state index contributed by atoms with van der Waals surface area (Å²) in [5, 5.41) is 2.65. The molecule has 2 bridgehead atoms. The van der Waals surface area contributed by atoms with Gasteiger partial charge in [0.05, 0.1) is 11.9 Å². The molecule has 0 radical (unpaired) electrons. The second-order valence-corrected chi connectivity index (χ2v) is 8.50. The molecule has 1 aliphatic carbocycles. The summed E-state index contributed by atoms with van der Waals surface area (Å²) in [7, 11) is 0. The lowest BCUT2D eigenvalue weighted by atomic mass is 9.82. The lowest BCUT2D eigenvalue weighted by Gasteiger charge is -2.38. The number of nitrogens with zero attached hydrogens (tertiary/aromatic N) is 3. The van der Waals surface area contributed by atoms with Crippen molar-refractivity contribution in [3.63, 3.8) is 0 Å². The molecule has 9 heteroatoms. The summed E-state index contributed by atoms with van der Waals surface area (Å²) in [5.74, 6) is -0.0981. The molecule has 2 saturated heterocycles. The largest absolute Gasteiger partial charge is 0.364 e. The molecule has 4 atom stereocenters. The van der Waals surface area contributed by atoms with Gasteiger partial charge in [0, 0.05) is 11.8 Å². The van der Waals surface area contributed by atoms with Gasteiger partial charge in [-0.1, -0.05) is 27.7 Å². The van der Waals surface area contributed by atoms with Crippen molar-refractivity contribution in [3.05, 3.63) is 16.7 Å². The Morgan fingerprint density at radius 1 is 1.43 bits per heavy atom. The van der Waals surface area contributed by atoms with Gasteiger partial charge in [0.2, 0.25) is 11.9 Å². The molecule has 0 aromatic carbocycles. The molecule has 5 rings (SSSR count). The Kier molecular flexibility index (Phi) is 3.59. The van der Waals surface area contributed by atoms with Gasteiger partial charge in [-0.25, -0.2) is 4.98 Å². The molecule has 1 amide bonds. The van der Waals surface area contributed by atoms with Crippen LogP contribution in [0.1, 0.15) is 53.2 Å². The zero-order valence-corrected chi connectivity index (χ0v) is 16.5. The highest BCUT2D eigenvalue weighted by molar-refractivity contribution is 5.91. The molecule has 28 heavy (non-hydrogen) atoms. The van der Waals surface area contributed by atoms with Crippen LogP contribution < -0.4 is 10.9 Å². The second kappa shape index (κ2) is 5.64. The molecule has 2 aromatic rings. The van der Waals surface area contributed by atoms with Crippen LogP contribution in [0, 0.1) is 11.8 Å². The summed E-state index contributed by atoms with van der Waals surface area (Å²) in [5.41, 5.74) is -0.265. The fourth-order valence-electron chi connectivity index (χ4n) is 4.97. The Balaban J connectivity index is 1.55. The Morgan fingerprint density at radius 2 is 2.18 bits per heavy atom. The molecular weight excluding hydrogens is 362 g/mol. The monoisotopic (exact) mass is 387 g/mol. The van der Waals surface area contributed by atoms with E-state index in [0.717, 1.165) is 19.3 Å². The van der Waals surface area contributed by atoms with Crippen molar-refractivity contribution in [1.29, 1.82) is 0 Å². The van der Waals surface area contributed by atoms with Gasteiger partial charge in [-0.3, -0.25) is 24.5 Å². The number of aromatic nitrogens is 4. The number of fused-ring (bicyclic) bond motifs is 4. The Bertz CT molecular complexity index is 1020. The van der Waals surface area contributed by atoms with Crippen LogP contribution in [0.5, 0.6) is 0 Å². The smallest absolute Gasteiger partial charge is 0.280 e. The van der Waals surface area contributed by atoms with Crippen LogP contribution in [-0.4, -0.2) is 42.7 Å². The summed E-state index contributed by atoms with van der Waals surface area (Å²) < 4.78 is 14.8. The highest BCUT2D eigenvalue weighted by atomic mass is 16.6. The van der Waals surface area contributed by atoms with E-state index in [4.69, 9.17) is 9.47 Å². The fraction of sp³-hybridized carbons (Fsp3) is 0.684. The van der Waals surface area contributed by atoms with E-state index in [1.807, 2.05) is 0 Å². The third-order valence-electron chi connectivity index (χ3n) is 6.68. The van der Waals surface area contributed by atoms with Gasteiger partial charge in [-0.2, -0.15) is 4.98 Å². The number of hydrogen-bond acceptors (Lipinski definition) is 6. The van der Waals surface area contributed by atoms with E-state index in [1.54, 1.807) is 24.7 Å². The highest BCUT2D eigenvalue weighted by Gasteiger charge is 2.76. The number of ether oxygens (including phenoxy) is 2. The van der Waals surface area contributed by atoms with E-state index in [2.05, 4.69) is 34.1 Å². The number of anilines is 1. The second-order valence-electron chi connectivity index (χ2n) is 8.50. The Hall–Kier alpha value is -2.26. The van der Waals surface area contributed by atoms with E-state index in [0.29, 0.717) is 5.65 Å². The van der Waals surface area contributed by atoms with Gasteiger partial charge < -0.3 is 9.47 Å². The third kappa shape index (κ3) is 2.14. The SMILES string of the molecule is CC[C@]12O[C@@H](n3cnc4c(=O)[nH]c(NC(=O)C(C)C)nc43)[C@@H](OC13CC3)C2C. The molecule has 1 saturated carbocycles. The van der Waals surface area contributed by atoms with Gasteiger partial charge in [-0.15, -0.1) is 0 Å². The van der Waals surface area contributed by atoms with Crippen molar-refractivity contribution in [1.82, 2.24) is 19.5 Å². The molecule has 2 aliphatic heterocycles. The molecular formula is C19H25N5O4. The van der Waals surface area contributed by atoms with Crippen molar-refractivity contribution >= 4 is 23.0 Å². The third-order valence-corrected chi connectivity index (χ3v) is 6.68. The number of amides is 1. The van der Waals surface area contributed by atoms with Crippen LogP contribution in [0.2, 0.25) is 0 Å². The molecule has 3 fully saturated rings. The molecule has 1 unspecified atom stereocenters. The molecule has 2 aromatic heterocycles. The number of carbonyl (C=O) groups excluding carboxylic acids is 1. The van der Waals surface area contributed by atoms with Crippen molar-refractivity contribution < 1.29 is 14.3 Å². The molecule has 3 aliphatic rings. The standard InChI is InChI=1S/C19H25N5O4/c1-5-19-10(4)12(27-18(19)6-7-18)16(28-19)24-8-20-11-13(24)21-17(23-15(11)26)22-14(25)9(2)3/h8-10,12,16H,5-7H2,1-4H3,(H2,21,22,23,25,26)/t10?,12-,16+,19+/m0/s1. The van der Waals surface area contributed by atoms with Crippen LogP contribution in [0.25, 0.3) is 11.2 Å². The van der Waals surface area contributed by atoms with Crippen molar-refractivity contribution in [2.75, 3.05) is 5.32 Å². The van der Waals surface area contributed by atoms with E-state index >= 15 is 0 Å². The first-order valence-corrected chi connectivity index (χ1v) is 9.95. The van der Waals surface area contributed by atoms with Gasteiger partial charge in [0.25, 0.3) is 5.56 Å². The lowest BCUT2D eigenvalue weighted by Crippen LogP contribution is -2.46. The zero-order chi connectivity index (χ0) is 19.8. The number of nitrogens with one attached hydrogen (secondary N) is 2. The maximum absolute atomic E-state index is 12.4. The minimum absolute atomic E-state index is 0.110. The quantitative estimate of drug-likeness (QED) is 0.830. The van der Waals surface area contributed by atoms with Crippen LogP contribution in [0.4, 0.5) is 5.95 Å². The van der Waals surface area contributed by atoms with Gasteiger partial charge in [0.1, 0.15) is 11.7 Å². The number of rotatable bonds is 4. The average molecular weight is 387 g/mol. The van der Waals surface area contributed by atoms with Gasteiger partial charge in [-0.05, 0) is 19.3 Å². The summed E-state index contributed by atoms with van der Waals surface area (Å²) >= 11 is 0. The summed E-state index contributed by atoms with van der Waals surface area (Å²) in [6.07, 6.45) is 4.00. The van der Waals surface area contributed by atoms with Crippen molar-refractivity contribution in [2.24, 2.45) is 11.8 Å². The van der Waals surface area contributed by atoms with Crippen molar-refractivity contribution in [2.45, 2.75) is 70.5 Å². The molecule has 4 heterocycles.